The Balaban J connectivity index is 0.00000242. The van der Waals surface area contributed by atoms with Gasteiger partial charge in [0, 0.05) is 19.3 Å². The molecule has 1 amide bonds. The number of hydrogen-bond donors (Lipinski definition) is 3. The van der Waals surface area contributed by atoms with Crippen molar-refractivity contribution in [2.45, 2.75) is 36.6 Å². The molecule has 1 aromatic heterocycles. The van der Waals surface area contributed by atoms with Crippen LogP contribution in [0.4, 0.5) is 0 Å². The highest BCUT2D eigenvalue weighted by Gasteiger charge is 2.29. The topological polar surface area (TPSA) is 120 Å². The zero-order chi connectivity index (χ0) is 15.6. The number of nitrogens with zero attached hydrogens (tertiary/aromatic N) is 1. The van der Waals surface area contributed by atoms with E-state index in [1.807, 2.05) is 0 Å². The minimum atomic E-state index is -3.67. The van der Waals surface area contributed by atoms with Crippen LogP contribution in [-0.4, -0.2) is 31.5 Å². The standard InChI is InChI=1S/C13H22N4O3S.ClH/c1-17-8-10(6-12(17)13(15)18)21(19,20)16-11-5-3-2-4-9(11)7-14;/h6,8-9,11,16H,2-5,7,14H2,1H3,(H2,15,18);1H. The molecular formula is C13H23ClN4O3S. The Labute approximate surface area is 136 Å². The molecular weight excluding hydrogens is 328 g/mol. The molecule has 1 saturated carbocycles. The lowest BCUT2D eigenvalue weighted by Gasteiger charge is -2.30. The van der Waals surface area contributed by atoms with Gasteiger partial charge in [0.1, 0.15) is 10.6 Å². The van der Waals surface area contributed by atoms with Crippen molar-refractivity contribution in [3.8, 4) is 0 Å². The summed E-state index contributed by atoms with van der Waals surface area (Å²) in [5.74, 6) is -0.496. The van der Waals surface area contributed by atoms with E-state index in [2.05, 4.69) is 4.72 Å². The Kier molecular flexibility index (Phi) is 6.42. The van der Waals surface area contributed by atoms with Crippen LogP contribution in [0.2, 0.25) is 0 Å². The molecule has 0 bridgehead atoms. The van der Waals surface area contributed by atoms with Gasteiger partial charge in [0.25, 0.3) is 5.91 Å². The maximum absolute atomic E-state index is 12.4. The number of halogens is 1. The molecule has 0 radical (unpaired) electrons. The Bertz CT molecular complexity index is 629. The second kappa shape index (κ2) is 7.45. The summed E-state index contributed by atoms with van der Waals surface area (Å²) in [6.45, 7) is 0.467. The monoisotopic (exact) mass is 350 g/mol. The van der Waals surface area contributed by atoms with E-state index >= 15 is 0 Å². The highest BCUT2D eigenvalue weighted by Crippen LogP contribution is 2.25. The fraction of sp³-hybridized carbons (Fsp3) is 0.615. The molecule has 0 aromatic carbocycles. The first-order chi connectivity index (χ1) is 9.85. The van der Waals surface area contributed by atoms with Gasteiger partial charge in [-0.15, -0.1) is 12.4 Å². The van der Waals surface area contributed by atoms with Crippen LogP contribution in [0.3, 0.4) is 0 Å². The van der Waals surface area contributed by atoms with E-state index in [1.165, 1.54) is 16.8 Å². The highest BCUT2D eigenvalue weighted by molar-refractivity contribution is 7.89. The maximum Gasteiger partial charge on any atom is 0.265 e. The van der Waals surface area contributed by atoms with Crippen molar-refractivity contribution in [1.29, 1.82) is 0 Å². The molecule has 0 spiro atoms. The largest absolute Gasteiger partial charge is 0.364 e. The van der Waals surface area contributed by atoms with Gasteiger partial charge in [-0.05, 0) is 31.4 Å². The number of carbonyl (C=O) groups is 1. The van der Waals surface area contributed by atoms with E-state index in [0.717, 1.165) is 25.7 Å². The van der Waals surface area contributed by atoms with Crippen molar-refractivity contribution in [2.75, 3.05) is 6.54 Å². The number of carbonyl (C=O) groups excluding carboxylic acids is 1. The molecule has 1 aromatic rings. The van der Waals surface area contributed by atoms with Gasteiger partial charge in [-0.25, -0.2) is 13.1 Å². The first-order valence-corrected chi connectivity index (χ1v) is 8.52. The van der Waals surface area contributed by atoms with E-state index in [4.69, 9.17) is 11.5 Å². The second-order valence-corrected chi connectivity index (χ2v) is 7.26. The van der Waals surface area contributed by atoms with E-state index in [1.54, 1.807) is 7.05 Å². The number of hydrogen-bond acceptors (Lipinski definition) is 4. The molecule has 0 aliphatic heterocycles. The molecule has 1 aliphatic rings. The predicted molar refractivity (Wildman–Crippen MR) is 86.3 cm³/mol. The molecule has 22 heavy (non-hydrogen) atoms. The SMILES string of the molecule is Cl.Cn1cc(S(=O)(=O)NC2CCCCC2CN)cc1C(N)=O. The molecule has 2 unspecified atom stereocenters. The van der Waals surface area contributed by atoms with Gasteiger partial charge in [0.05, 0.1) is 0 Å². The average Bonchev–Trinajstić information content (AvgIpc) is 2.82. The lowest BCUT2D eigenvalue weighted by molar-refractivity contribution is 0.0992. The number of nitrogens with one attached hydrogen (secondary N) is 1. The predicted octanol–water partition coefficient (Wildman–Crippen LogP) is 0.342. The quantitative estimate of drug-likeness (QED) is 0.709. The van der Waals surface area contributed by atoms with Gasteiger partial charge in [-0.3, -0.25) is 4.79 Å². The van der Waals surface area contributed by atoms with Crippen LogP contribution in [0.15, 0.2) is 17.2 Å². The molecule has 126 valence electrons. The first-order valence-electron chi connectivity index (χ1n) is 7.03. The minimum Gasteiger partial charge on any atom is -0.364 e. The fourth-order valence-electron chi connectivity index (χ4n) is 2.84. The van der Waals surface area contributed by atoms with Gasteiger partial charge >= 0.3 is 0 Å². The van der Waals surface area contributed by atoms with Crippen LogP contribution >= 0.6 is 12.4 Å². The first kappa shape index (κ1) is 19.0. The van der Waals surface area contributed by atoms with Crippen molar-refractivity contribution in [1.82, 2.24) is 9.29 Å². The van der Waals surface area contributed by atoms with Gasteiger partial charge in [0.2, 0.25) is 10.0 Å². The Morgan fingerprint density at radius 2 is 2.05 bits per heavy atom. The summed E-state index contributed by atoms with van der Waals surface area (Å²) in [4.78, 5) is 11.3. The third kappa shape index (κ3) is 4.01. The molecule has 1 heterocycles. The zero-order valence-electron chi connectivity index (χ0n) is 12.5. The Morgan fingerprint density at radius 3 is 2.59 bits per heavy atom. The van der Waals surface area contributed by atoms with Crippen LogP contribution in [0.5, 0.6) is 0 Å². The van der Waals surface area contributed by atoms with Crippen LogP contribution in [0.1, 0.15) is 36.2 Å². The molecule has 9 heteroatoms. The number of sulfonamides is 1. The van der Waals surface area contributed by atoms with E-state index < -0.39 is 15.9 Å². The van der Waals surface area contributed by atoms with E-state index in [9.17, 15) is 13.2 Å². The molecule has 1 aliphatic carbocycles. The minimum absolute atomic E-state index is 0. The number of amides is 1. The maximum atomic E-state index is 12.4. The molecule has 2 rings (SSSR count). The fourth-order valence-corrected chi connectivity index (χ4v) is 4.25. The smallest absolute Gasteiger partial charge is 0.265 e. The summed E-state index contributed by atoms with van der Waals surface area (Å²) >= 11 is 0. The van der Waals surface area contributed by atoms with Crippen LogP contribution in [0, 0.1) is 5.92 Å². The summed E-state index contributed by atoms with van der Waals surface area (Å²) in [7, 11) is -2.09. The van der Waals surface area contributed by atoms with Crippen molar-refractivity contribution >= 4 is 28.3 Å². The van der Waals surface area contributed by atoms with Gasteiger partial charge < -0.3 is 16.0 Å². The van der Waals surface area contributed by atoms with Gasteiger partial charge in [0.15, 0.2) is 0 Å². The Hall–Kier alpha value is -1.09. The molecule has 7 nitrogen and oxygen atoms in total. The molecule has 0 saturated heterocycles. The number of aromatic nitrogens is 1. The zero-order valence-corrected chi connectivity index (χ0v) is 14.1. The summed E-state index contributed by atoms with van der Waals surface area (Å²) in [6.07, 6.45) is 5.19. The summed E-state index contributed by atoms with van der Waals surface area (Å²) < 4.78 is 29.0. The highest BCUT2D eigenvalue weighted by atomic mass is 35.5. The summed E-state index contributed by atoms with van der Waals surface area (Å²) in [5, 5.41) is 0. The van der Waals surface area contributed by atoms with E-state index in [0.29, 0.717) is 6.54 Å². The van der Waals surface area contributed by atoms with Gasteiger partial charge in [-0.1, -0.05) is 12.8 Å². The van der Waals surface area contributed by atoms with Crippen molar-refractivity contribution in [3.05, 3.63) is 18.0 Å². The number of aryl methyl sites for hydroxylation is 1. The third-order valence-electron chi connectivity index (χ3n) is 4.06. The number of nitrogens with two attached hydrogens (primary N) is 2. The average molecular weight is 351 g/mol. The molecule has 1 fully saturated rings. The van der Waals surface area contributed by atoms with Crippen LogP contribution in [-0.2, 0) is 17.1 Å². The van der Waals surface area contributed by atoms with Crippen LogP contribution < -0.4 is 16.2 Å². The number of primary amides is 1. The summed E-state index contributed by atoms with van der Waals surface area (Å²) in [6, 6.07) is 1.15. The van der Waals surface area contributed by atoms with Crippen molar-refractivity contribution < 1.29 is 13.2 Å². The Morgan fingerprint density at radius 1 is 1.41 bits per heavy atom. The van der Waals surface area contributed by atoms with Crippen LogP contribution in [0.25, 0.3) is 0 Å². The van der Waals surface area contributed by atoms with Gasteiger partial charge in [-0.2, -0.15) is 0 Å². The lowest BCUT2D eigenvalue weighted by Crippen LogP contribution is -2.44. The lowest BCUT2D eigenvalue weighted by atomic mass is 9.85. The van der Waals surface area contributed by atoms with Crippen molar-refractivity contribution in [3.63, 3.8) is 0 Å². The second-order valence-electron chi connectivity index (χ2n) is 5.54. The third-order valence-corrected chi connectivity index (χ3v) is 5.52. The van der Waals surface area contributed by atoms with Crippen molar-refractivity contribution in [2.24, 2.45) is 24.4 Å². The van der Waals surface area contributed by atoms with E-state index in [-0.39, 0.29) is 35.0 Å². The normalized spacial score (nSPS) is 22.1. The summed E-state index contributed by atoms with van der Waals surface area (Å²) in [5.41, 5.74) is 11.1. The number of rotatable bonds is 5. The molecule has 5 N–H and O–H groups in total. The molecule has 2 atom stereocenters.